The summed E-state index contributed by atoms with van der Waals surface area (Å²) in [5.74, 6) is 0. The summed E-state index contributed by atoms with van der Waals surface area (Å²) in [7, 11) is 0. The first-order valence-corrected chi connectivity index (χ1v) is 15.3. The molecule has 2 heterocycles. The zero-order chi connectivity index (χ0) is 28.2. The molecule has 2 heteroatoms. The Morgan fingerprint density at radius 3 is 1.14 bits per heavy atom. The summed E-state index contributed by atoms with van der Waals surface area (Å²) in [6.07, 6.45) is 0. The molecule has 0 N–H and O–H groups in total. The maximum absolute atomic E-state index is 2.68. The second kappa shape index (κ2) is 10.2. The van der Waals surface area contributed by atoms with E-state index in [0.29, 0.717) is 12.1 Å². The normalized spacial score (nSPS) is 16.5. The van der Waals surface area contributed by atoms with Gasteiger partial charge in [-0.2, -0.15) is 0 Å². The van der Waals surface area contributed by atoms with Gasteiger partial charge in [0, 0.05) is 38.3 Å². The third-order valence-electron chi connectivity index (χ3n) is 9.86. The van der Waals surface area contributed by atoms with E-state index in [1.807, 2.05) is 0 Å². The summed E-state index contributed by atoms with van der Waals surface area (Å²) in [4.78, 5) is 5.36. The van der Waals surface area contributed by atoms with E-state index in [1.165, 1.54) is 66.1 Å². The summed E-state index contributed by atoms with van der Waals surface area (Å²) in [6.45, 7) is 8.56. The molecule has 206 valence electrons. The Kier molecular flexibility index (Phi) is 6.21. The van der Waals surface area contributed by atoms with Crippen molar-refractivity contribution in [1.29, 1.82) is 0 Å². The van der Waals surface area contributed by atoms with Crippen molar-refractivity contribution in [2.45, 2.75) is 52.1 Å². The summed E-state index contributed by atoms with van der Waals surface area (Å²) < 4.78 is 0. The Morgan fingerprint density at radius 1 is 0.405 bits per heavy atom. The van der Waals surface area contributed by atoms with Crippen LogP contribution >= 0.6 is 0 Å². The number of hydrogen-bond acceptors (Lipinski definition) is 2. The molecule has 2 aliphatic rings. The number of nitrogens with zero attached hydrogens (tertiary/aromatic N) is 2. The van der Waals surface area contributed by atoms with Crippen molar-refractivity contribution in [3.8, 4) is 11.1 Å². The zero-order valence-electron chi connectivity index (χ0n) is 24.4. The lowest BCUT2D eigenvalue weighted by molar-refractivity contribution is 0.191. The number of rotatable bonds is 4. The average Bonchev–Trinajstić information content (AvgIpc) is 3.32. The molecular weight excluding hydrogens is 508 g/mol. The molecule has 0 bridgehead atoms. The Balaban J connectivity index is 1.21. The molecule has 0 aromatic heterocycles. The molecule has 0 spiro atoms. The first-order chi connectivity index (χ1) is 20.7. The highest BCUT2D eigenvalue weighted by molar-refractivity contribution is 5.87. The van der Waals surface area contributed by atoms with Crippen LogP contribution in [0.25, 0.3) is 32.7 Å². The van der Waals surface area contributed by atoms with Gasteiger partial charge >= 0.3 is 0 Å². The fraction of sp³-hybridized carbons (Fsp3) is 0.200. The molecule has 2 atom stereocenters. The van der Waals surface area contributed by atoms with E-state index in [0.717, 1.165) is 26.2 Å². The molecule has 6 aromatic carbocycles. The summed E-state index contributed by atoms with van der Waals surface area (Å²) >= 11 is 0. The van der Waals surface area contributed by atoms with Gasteiger partial charge in [-0.1, -0.05) is 121 Å². The Morgan fingerprint density at radius 2 is 0.738 bits per heavy atom. The van der Waals surface area contributed by atoms with Gasteiger partial charge in [-0.3, -0.25) is 9.80 Å². The first kappa shape index (κ1) is 25.5. The van der Waals surface area contributed by atoms with E-state index in [2.05, 4.69) is 145 Å². The van der Waals surface area contributed by atoms with Gasteiger partial charge in [0.2, 0.25) is 0 Å². The van der Waals surface area contributed by atoms with Crippen LogP contribution in [0.4, 0.5) is 0 Å². The topological polar surface area (TPSA) is 6.48 Å². The van der Waals surface area contributed by atoms with Gasteiger partial charge < -0.3 is 0 Å². The lowest BCUT2D eigenvalue weighted by Gasteiger charge is -2.31. The van der Waals surface area contributed by atoms with Crippen molar-refractivity contribution in [2.75, 3.05) is 0 Å². The predicted molar refractivity (Wildman–Crippen MR) is 175 cm³/mol. The molecule has 42 heavy (non-hydrogen) atoms. The highest BCUT2D eigenvalue weighted by atomic mass is 15.2. The van der Waals surface area contributed by atoms with Gasteiger partial charge in [0.15, 0.2) is 0 Å². The Bertz CT molecular complexity index is 1750. The zero-order valence-corrected chi connectivity index (χ0v) is 24.4. The molecule has 0 radical (unpaired) electrons. The highest BCUT2D eigenvalue weighted by Gasteiger charge is 2.31. The predicted octanol–water partition coefficient (Wildman–Crippen LogP) is 9.81. The minimum Gasteiger partial charge on any atom is -0.288 e. The third-order valence-corrected chi connectivity index (χ3v) is 9.86. The van der Waals surface area contributed by atoms with Crippen LogP contribution < -0.4 is 0 Å². The second-order valence-corrected chi connectivity index (χ2v) is 12.2. The van der Waals surface area contributed by atoms with Crippen molar-refractivity contribution in [3.05, 3.63) is 155 Å². The van der Waals surface area contributed by atoms with E-state index in [-0.39, 0.29) is 0 Å². The van der Waals surface area contributed by atoms with E-state index < -0.39 is 0 Å². The lowest BCUT2D eigenvalue weighted by Crippen LogP contribution is -2.27. The molecule has 6 aromatic rings. The number of hydrogen-bond donors (Lipinski definition) is 0. The third kappa shape index (κ3) is 4.17. The van der Waals surface area contributed by atoms with Crippen LogP contribution in [0, 0.1) is 0 Å². The minimum atomic E-state index is 0.299. The molecule has 0 unspecified atom stereocenters. The van der Waals surface area contributed by atoms with Crippen LogP contribution in [-0.2, 0) is 26.2 Å². The van der Waals surface area contributed by atoms with Crippen molar-refractivity contribution >= 4 is 21.5 Å². The van der Waals surface area contributed by atoms with Crippen molar-refractivity contribution in [1.82, 2.24) is 9.80 Å². The van der Waals surface area contributed by atoms with E-state index in [1.54, 1.807) is 0 Å². The molecule has 2 aliphatic heterocycles. The average molecular weight is 545 g/mol. The highest BCUT2D eigenvalue weighted by Crippen LogP contribution is 2.44. The quantitative estimate of drug-likeness (QED) is 0.218. The van der Waals surface area contributed by atoms with Crippen molar-refractivity contribution in [2.24, 2.45) is 0 Å². The SMILES string of the molecule is C[C@@H](c1cccc2ccccc12)N1Cc2cccc3c2-c2c(cccc2CN([C@@H](C)c2cccc4ccccc24)C3)C1. The maximum Gasteiger partial charge on any atom is 0.0333 e. The van der Waals surface area contributed by atoms with Gasteiger partial charge in [-0.05, 0) is 79.9 Å². The summed E-state index contributed by atoms with van der Waals surface area (Å²) in [6, 6.07) is 45.8. The van der Waals surface area contributed by atoms with E-state index >= 15 is 0 Å². The molecule has 0 aliphatic carbocycles. The monoisotopic (exact) mass is 544 g/mol. The largest absolute Gasteiger partial charge is 0.288 e. The Hall–Kier alpha value is -4.24. The fourth-order valence-corrected chi connectivity index (χ4v) is 7.63. The molecule has 0 fully saturated rings. The fourth-order valence-electron chi connectivity index (χ4n) is 7.63. The van der Waals surface area contributed by atoms with Crippen molar-refractivity contribution < 1.29 is 0 Å². The van der Waals surface area contributed by atoms with Crippen LogP contribution in [0.1, 0.15) is 59.3 Å². The molecule has 0 saturated carbocycles. The molecule has 8 rings (SSSR count). The van der Waals surface area contributed by atoms with Crippen LogP contribution in [0.2, 0.25) is 0 Å². The second-order valence-electron chi connectivity index (χ2n) is 12.2. The van der Waals surface area contributed by atoms with E-state index in [9.17, 15) is 0 Å². The smallest absolute Gasteiger partial charge is 0.0333 e. The lowest BCUT2D eigenvalue weighted by atomic mass is 9.90. The van der Waals surface area contributed by atoms with Crippen LogP contribution in [0.3, 0.4) is 0 Å². The van der Waals surface area contributed by atoms with Crippen molar-refractivity contribution in [3.63, 3.8) is 0 Å². The van der Waals surface area contributed by atoms with Gasteiger partial charge in [-0.25, -0.2) is 0 Å². The van der Waals surface area contributed by atoms with Gasteiger partial charge in [0.1, 0.15) is 0 Å². The van der Waals surface area contributed by atoms with Gasteiger partial charge in [-0.15, -0.1) is 0 Å². The summed E-state index contributed by atoms with van der Waals surface area (Å²) in [5, 5.41) is 5.35. The van der Waals surface area contributed by atoms with E-state index in [4.69, 9.17) is 0 Å². The minimum absolute atomic E-state index is 0.299. The van der Waals surface area contributed by atoms with Gasteiger partial charge in [0.25, 0.3) is 0 Å². The maximum atomic E-state index is 2.68. The summed E-state index contributed by atoms with van der Waals surface area (Å²) in [5.41, 5.74) is 11.6. The number of fused-ring (bicyclic) bond motifs is 2. The first-order valence-electron chi connectivity index (χ1n) is 15.3. The van der Waals surface area contributed by atoms with Crippen LogP contribution in [0.15, 0.2) is 121 Å². The molecular formula is C40H36N2. The Labute approximate surface area is 248 Å². The molecule has 0 saturated heterocycles. The standard InChI is InChI=1S/C40H36N2/c1-27(35-21-9-13-29-11-3-5-19-37(29)35)41-23-31-15-7-17-33-25-42(26-34-18-8-16-32(24-41)40(34)39(31)33)28(2)36-22-10-14-30-12-4-6-20-38(30)36/h3-22,27-28H,23-26H2,1-2H3/t27-,28-/m0/s1. The molecule has 0 amide bonds. The van der Waals surface area contributed by atoms with Gasteiger partial charge in [0.05, 0.1) is 0 Å². The molecule has 2 nitrogen and oxygen atoms in total. The number of benzene rings is 6. The van der Waals surface area contributed by atoms with Crippen LogP contribution in [0.5, 0.6) is 0 Å². The van der Waals surface area contributed by atoms with Crippen LogP contribution in [-0.4, -0.2) is 9.80 Å².